The number of ether oxygens (including phenoxy) is 1. The second-order valence-corrected chi connectivity index (χ2v) is 10.3. The SMILES string of the molecule is C#CC1(O)[C@@H](O)C(COP(=O)(O)OP(=O)(O)OP(=O)(O)O)O[C@H]1n1ccc(=O)[nH]c1=O. The van der Waals surface area contributed by atoms with E-state index < -0.39 is 65.4 Å². The number of H-pyrrole nitrogens is 1. The number of aliphatic hydroxyl groups excluding tert-OH is 1. The molecule has 20 heteroatoms. The molecule has 17 nitrogen and oxygen atoms in total. The van der Waals surface area contributed by atoms with E-state index in [1.54, 1.807) is 5.92 Å². The summed E-state index contributed by atoms with van der Waals surface area (Å²) >= 11 is 0. The monoisotopic (exact) mass is 508 g/mol. The van der Waals surface area contributed by atoms with Crippen LogP contribution in [0.4, 0.5) is 0 Å². The van der Waals surface area contributed by atoms with Crippen LogP contribution in [0.5, 0.6) is 0 Å². The second-order valence-electron chi connectivity index (χ2n) is 5.85. The third kappa shape index (κ3) is 6.28. The molecule has 0 radical (unpaired) electrons. The minimum absolute atomic E-state index is 0.606. The lowest BCUT2D eigenvalue weighted by atomic mass is 9.95. The van der Waals surface area contributed by atoms with E-state index in [4.69, 9.17) is 25.8 Å². The minimum atomic E-state index is -5.78. The molecule has 0 saturated carbocycles. The maximum atomic E-state index is 11.9. The van der Waals surface area contributed by atoms with Crippen LogP contribution in [0.1, 0.15) is 6.23 Å². The van der Waals surface area contributed by atoms with E-state index in [9.17, 15) is 38.4 Å². The molecule has 0 spiro atoms. The molecule has 2 rings (SSSR count). The summed E-state index contributed by atoms with van der Waals surface area (Å²) in [5.74, 6) is 1.79. The molecule has 0 amide bonds. The smallest absolute Gasteiger partial charge is 0.386 e. The third-order valence-electron chi connectivity index (χ3n) is 3.64. The first-order chi connectivity index (χ1) is 14.0. The predicted octanol–water partition coefficient (Wildman–Crippen LogP) is -2.50. The Bertz CT molecular complexity index is 1130. The Morgan fingerprint density at radius 2 is 1.81 bits per heavy atom. The third-order valence-corrected chi connectivity index (χ3v) is 7.44. The van der Waals surface area contributed by atoms with Gasteiger partial charge in [0, 0.05) is 12.3 Å². The Balaban J connectivity index is 2.19. The van der Waals surface area contributed by atoms with Crippen LogP contribution in [0.25, 0.3) is 0 Å². The number of aliphatic hydroxyl groups is 2. The van der Waals surface area contributed by atoms with Crippen molar-refractivity contribution in [3.8, 4) is 12.3 Å². The van der Waals surface area contributed by atoms with Crippen LogP contribution >= 0.6 is 23.5 Å². The number of phosphoric acid groups is 3. The molecule has 2 heterocycles. The molecule has 31 heavy (non-hydrogen) atoms. The Morgan fingerprint density at radius 3 is 2.32 bits per heavy atom. The fourth-order valence-electron chi connectivity index (χ4n) is 2.42. The van der Waals surface area contributed by atoms with E-state index >= 15 is 0 Å². The van der Waals surface area contributed by atoms with Gasteiger partial charge in [0.05, 0.1) is 6.61 Å². The summed E-state index contributed by atoms with van der Waals surface area (Å²) in [6.45, 7) is -1.15. The van der Waals surface area contributed by atoms with Gasteiger partial charge in [-0.3, -0.25) is 18.9 Å². The van der Waals surface area contributed by atoms with Gasteiger partial charge in [0.1, 0.15) is 12.2 Å². The molecule has 1 aromatic heterocycles. The normalized spacial score (nSPS) is 30.3. The van der Waals surface area contributed by atoms with Gasteiger partial charge in [0.25, 0.3) is 5.56 Å². The average Bonchev–Trinajstić information content (AvgIpc) is 2.82. The van der Waals surface area contributed by atoms with Crippen molar-refractivity contribution in [3.63, 3.8) is 0 Å². The average molecular weight is 508 g/mol. The molecular weight excluding hydrogens is 493 g/mol. The highest BCUT2D eigenvalue weighted by Gasteiger charge is 2.56. The van der Waals surface area contributed by atoms with Crippen molar-refractivity contribution < 1.29 is 61.4 Å². The molecule has 0 aromatic carbocycles. The van der Waals surface area contributed by atoms with Crippen LogP contribution in [-0.2, 0) is 31.6 Å². The van der Waals surface area contributed by atoms with Gasteiger partial charge in [-0.1, -0.05) is 5.92 Å². The maximum Gasteiger partial charge on any atom is 0.490 e. The molecule has 1 aliphatic heterocycles. The lowest BCUT2D eigenvalue weighted by Gasteiger charge is -2.26. The Morgan fingerprint density at radius 1 is 1.19 bits per heavy atom. The molecule has 4 unspecified atom stereocenters. The number of nitrogens with one attached hydrogen (secondary N) is 1. The lowest BCUT2D eigenvalue weighted by Crippen LogP contribution is -2.48. The second kappa shape index (κ2) is 8.81. The van der Waals surface area contributed by atoms with Crippen molar-refractivity contribution in [1.82, 2.24) is 9.55 Å². The van der Waals surface area contributed by atoms with Gasteiger partial charge in [-0.2, -0.15) is 8.62 Å². The van der Waals surface area contributed by atoms with Crippen molar-refractivity contribution in [2.45, 2.75) is 24.0 Å². The molecular formula is C11H15N2O15P3. The van der Waals surface area contributed by atoms with Gasteiger partial charge in [-0.05, 0) is 0 Å². The first-order valence-corrected chi connectivity index (χ1v) is 12.2. The van der Waals surface area contributed by atoms with E-state index in [0.717, 1.165) is 12.3 Å². The van der Waals surface area contributed by atoms with Gasteiger partial charge in [-0.15, -0.1) is 6.42 Å². The summed E-state index contributed by atoms with van der Waals surface area (Å²) < 4.78 is 50.8. The van der Waals surface area contributed by atoms with Crippen molar-refractivity contribution in [2.75, 3.05) is 6.61 Å². The molecule has 0 aliphatic carbocycles. The molecule has 6 atom stereocenters. The maximum absolute atomic E-state index is 11.9. The Hall–Kier alpha value is -1.47. The molecule has 0 bridgehead atoms. The number of rotatable bonds is 8. The topological polar surface area (TPSA) is 264 Å². The van der Waals surface area contributed by atoms with Crippen molar-refractivity contribution in [2.24, 2.45) is 0 Å². The van der Waals surface area contributed by atoms with Crippen molar-refractivity contribution in [3.05, 3.63) is 33.1 Å². The number of aromatic nitrogens is 2. The number of hydrogen-bond acceptors (Lipinski definition) is 11. The highest BCUT2D eigenvalue weighted by molar-refractivity contribution is 7.66. The molecule has 1 fully saturated rings. The quantitative estimate of drug-likeness (QED) is 0.141. The highest BCUT2D eigenvalue weighted by Crippen LogP contribution is 2.66. The summed E-state index contributed by atoms with van der Waals surface area (Å²) in [4.78, 5) is 60.4. The molecule has 7 N–H and O–H groups in total. The van der Waals surface area contributed by atoms with Crippen molar-refractivity contribution >= 4 is 23.5 Å². The lowest BCUT2D eigenvalue weighted by molar-refractivity contribution is -0.0761. The molecule has 1 aromatic rings. The highest BCUT2D eigenvalue weighted by atomic mass is 31.3. The summed E-state index contributed by atoms with van der Waals surface area (Å²) in [6, 6.07) is 0.869. The van der Waals surface area contributed by atoms with E-state index in [1.807, 2.05) is 4.98 Å². The van der Waals surface area contributed by atoms with Crippen LogP contribution in [0.15, 0.2) is 21.9 Å². The molecule has 174 valence electrons. The zero-order valence-electron chi connectivity index (χ0n) is 14.8. The summed E-state index contributed by atoms with van der Waals surface area (Å²) in [5, 5.41) is 20.8. The van der Waals surface area contributed by atoms with E-state index in [-0.39, 0.29) is 0 Å². The fourth-order valence-corrected chi connectivity index (χ4v) is 5.45. The van der Waals surface area contributed by atoms with Gasteiger partial charge in [-0.25, -0.2) is 18.5 Å². The molecule has 1 saturated heterocycles. The number of aromatic amines is 1. The fraction of sp³-hybridized carbons (Fsp3) is 0.455. The van der Waals surface area contributed by atoms with E-state index in [2.05, 4.69) is 13.1 Å². The zero-order chi connectivity index (χ0) is 23.8. The van der Waals surface area contributed by atoms with Crippen LogP contribution in [-0.4, -0.2) is 63.8 Å². The van der Waals surface area contributed by atoms with Crippen LogP contribution in [0.3, 0.4) is 0 Å². The van der Waals surface area contributed by atoms with Gasteiger partial charge < -0.3 is 34.5 Å². The van der Waals surface area contributed by atoms with Crippen LogP contribution in [0, 0.1) is 12.3 Å². The van der Waals surface area contributed by atoms with Crippen LogP contribution < -0.4 is 11.2 Å². The Labute approximate surface area is 171 Å². The van der Waals surface area contributed by atoms with Crippen molar-refractivity contribution in [1.29, 1.82) is 0 Å². The first-order valence-electron chi connectivity index (χ1n) is 7.63. The van der Waals surface area contributed by atoms with Gasteiger partial charge in [0.15, 0.2) is 11.8 Å². The summed E-state index contributed by atoms with van der Waals surface area (Å²) in [5.41, 5.74) is -4.49. The van der Waals surface area contributed by atoms with Gasteiger partial charge >= 0.3 is 29.2 Å². The number of hydrogen-bond donors (Lipinski definition) is 7. The zero-order valence-corrected chi connectivity index (χ0v) is 17.5. The van der Waals surface area contributed by atoms with E-state index in [1.165, 1.54) is 0 Å². The largest absolute Gasteiger partial charge is 0.490 e. The number of terminal acetylenes is 1. The number of phosphoric ester groups is 1. The summed E-state index contributed by atoms with van der Waals surface area (Å²) in [7, 11) is -16.9. The van der Waals surface area contributed by atoms with Gasteiger partial charge in [0.2, 0.25) is 0 Å². The van der Waals surface area contributed by atoms with E-state index in [0.29, 0.717) is 4.57 Å². The summed E-state index contributed by atoms with van der Waals surface area (Å²) in [6.07, 6.45) is 0.460. The first kappa shape index (κ1) is 25.8. The number of nitrogens with zero attached hydrogens (tertiary/aromatic N) is 1. The minimum Gasteiger partial charge on any atom is -0.386 e. The van der Waals surface area contributed by atoms with Crippen LogP contribution in [0.2, 0.25) is 0 Å². The molecule has 1 aliphatic rings. The Kier molecular flexibility index (Phi) is 7.33. The standard InChI is InChI=1S/C11H15N2O15P3/c1-2-11(17)8(15)6(26-9(11)13-4-3-7(14)12-10(13)16)5-25-30(21,22)28-31(23,24)27-29(18,19)20/h1,3-4,6,8-9,15,17H,5H2,(H,21,22)(H,23,24)(H,12,14,16)(H2,18,19,20)/t6?,8-,9+,11?/m0/s1. The predicted molar refractivity (Wildman–Crippen MR) is 94.8 cm³/mol.